The van der Waals surface area contributed by atoms with E-state index in [0.717, 1.165) is 45.0 Å². The van der Waals surface area contributed by atoms with Crippen molar-refractivity contribution in [1.29, 1.82) is 0 Å². The van der Waals surface area contributed by atoms with Crippen molar-refractivity contribution in [3.63, 3.8) is 0 Å². The molecule has 3 nitrogen and oxygen atoms in total. The lowest BCUT2D eigenvalue weighted by Crippen LogP contribution is -2.46. The number of aryl methyl sites for hydroxylation is 2. The van der Waals surface area contributed by atoms with Crippen LogP contribution in [0.2, 0.25) is 0 Å². The molecule has 134 valence electrons. The van der Waals surface area contributed by atoms with Crippen LogP contribution in [-0.2, 0) is 0 Å². The second-order valence-corrected chi connectivity index (χ2v) is 6.94. The van der Waals surface area contributed by atoms with Crippen LogP contribution in [0.3, 0.4) is 0 Å². The maximum absolute atomic E-state index is 6.01. The summed E-state index contributed by atoms with van der Waals surface area (Å²) in [5, 5.41) is 0. The standard InChI is InChI=1S/C22H30N2O/c1-19-9-8-10-20(2)22(19)25-18-7-6-13-23-14-16-24(17-15-23)21-11-4-3-5-12-21/h3-5,8-12H,6-7,13-18H2,1-2H3. The van der Waals surface area contributed by atoms with E-state index in [2.05, 4.69) is 72.2 Å². The van der Waals surface area contributed by atoms with Crippen molar-refractivity contribution in [2.24, 2.45) is 0 Å². The molecule has 25 heavy (non-hydrogen) atoms. The third-order valence-electron chi connectivity index (χ3n) is 5.02. The lowest BCUT2D eigenvalue weighted by atomic mass is 10.1. The van der Waals surface area contributed by atoms with Gasteiger partial charge in [-0.05, 0) is 56.5 Å². The molecule has 0 aliphatic carbocycles. The van der Waals surface area contributed by atoms with Crippen molar-refractivity contribution < 1.29 is 4.74 Å². The Labute approximate surface area is 152 Å². The van der Waals surface area contributed by atoms with E-state index in [-0.39, 0.29) is 0 Å². The quantitative estimate of drug-likeness (QED) is 0.701. The molecule has 0 amide bonds. The highest BCUT2D eigenvalue weighted by atomic mass is 16.5. The first-order valence-corrected chi connectivity index (χ1v) is 9.45. The fourth-order valence-corrected chi connectivity index (χ4v) is 3.51. The van der Waals surface area contributed by atoms with Gasteiger partial charge < -0.3 is 9.64 Å². The molecule has 0 aromatic heterocycles. The van der Waals surface area contributed by atoms with Gasteiger partial charge in [-0.25, -0.2) is 0 Å². The van der Waals surface area contributed by atoms with E-state index in [1.54, 1.807) is 0 Å². The van der Waals surface area contributed by atoms with Gasteiger partial charge in [0.25, 0.3) is 0 Å². The van der Waals surface area contributed by atoms with E-state index in [1.165, 1.54) is 29.8 Å². The third kappa shape index (κ3) is 4.99. The Morgan fingerprint density at radius 1 is 0.800 bits per heavy atom. The SMILES string of the molecule is Cc1cccc(C)c1OCCCCN1CCN(c2ccccc2)CC1. The monoisotopic (exact) mass is 338 g/mol. The summed E-state index contributed by atoms with van der Waals surface area (Å²) < 4.78 is 6.01. The zero-order valence-electron chi connectivity index (χ0n) is 15.6. The van der Waals surface area contributed by atoms with Crippen LogP contribution in [-0.4, -0.2) is 44.2 Å². The predicted octanol–water partition coefficient (Wildman–Crippen LogP) is 4.28. The Kier molecular flexibility index (Phi) is 6.35. The molecule has 1 saturated heterocycles. The van der Waals surface area contributed by atoms with Gasteiger partial charge >= 0.3 is 0 Å². The Morgan fingerprint density at radius 3 is 2.16 bits per heavy atom. The largest absolute Gasteiger partial charge is 0.493 e. The first kappa shape index (κ1) is 17.8. The van der Waals surface area contributed by atoms with Crippen LogP contribution in [0.15, 0.2) is 48.5 Å². The third-order valence-corrected chi connectivity index (χ3v) is 5.02. The first-order chi connectivity index (χ1) is 12.2. The zero-order valence-corrected chi connectivity index (χ0v) is 15.6. The Balaban J connectivity index is 1.33. The van der Waals surface area contributed by atoms with Gasteiger partial charge in [0, 0.05) is 31.9 Å². The molecule has 1 aliphatic rings. The molecule has 2 aromatic rings. The van der Waals surface area contributed by atoms with Crippen LogP contribution < -0.4 is 9.64 Å². The van der Waals surface area contributed by atoms with E-state index in [0.29, 0.717) is 0 Å². The summed E-state index contributed by atoms with van der Waals surface area (Å²) in [6.45, 7) is 10.8. The van der Waals surface area contributed by atoms with E-state index in [1.807, 2.05) is 0 Å². The zero-order chi connectivity index (χ0) is 17.5. The minimum atomic E-state index is 0.815. The maximum atomic E-state index is 6.01. The summed E-state index contributed by atoms with van der Waals surface area (Å²) in [5.74, 6) is 1.07. The van der Waals surface area contributed by atoms with Gasteiger partial charge in [0.1, 0.15) is 5.75 Å². The lowest BCUT2D eigenvalue weighted by molar-refractivity contribution is 0.238. The molecule has 0 unspecified atom stereocenters. The van der Waals surface area contributed by atoms with Crippen LogP contribution in [0.25, 0.3) is 0 Å². The molecule has 1 aliphatic heterocycles. The number of unbranched alkanes of at least 4 members (excludes halogenated alkanes) is 1. The summed E-state index contributed by atoms with van der Waals surface area (Å²) in [4.78, 5) is 5.07. The molecular formula is C22H30N2O. The predicted molar refractivity (Wildman–Crippen MR) is 106 cm³/mol. The highest BCUT2D eigenvalue weighted by Crippen LogP contribution is 2.22. The number of benzene rings is 2. The summed E-state index contributed by atoms with van der Waals surface area (Å²) in [6, 6.07) is 17.1. The van der Waals surface area contributed by atoms with E-state index >= 15 is 0 Å². The van der Waals surface area contributed by atoms with E-state index < -0.39 is 0 Å². The Hall–Kier alpha value is -2.00. The molecule has 0 N–H and O–H groups in total. The van der Waals surface area contributed by atoms with Gasteiger partial charge in [0.15, 0.2) is 0 Å². The van der Waals surface area contributed by atoms with Crippen molar-refractivity contribution >= 4 is 5.69 Å². The Morgan fingerprint density at radius 2 is 1.48 bits per heavy atom. The average Bonchev–Trinajstić information content (AvgIpc) is 2.65. The van der Waals surface area contributed by atoms with Gasteiger partial charge in [0.05, 0.1) is 6.61 Å². The van der Waals surface area contributed by atoms with Crippen LogP contribution in [0.4, 0.5) is 5.69 Å². The van der Waals surface area contributed by atoms with Crippen LogP contribution >= 0.6 is 0 Å². The van der Waals surface area contributed by atoms with Gasteiger partial charge in [-0.2, -0.15) is 0 Å². The maximum Gasteiger partial charge on any atom is 0.125 e. The molecule has 0 saturated carbocycles. The fraction of sp³-hybridized carbons (Fsp3) is 0.455. The van der Waals surface area contributed by atoms with Gasteiger partial charge in [-0.1, -0.05) is 36.4 Å². The average molecular weight is 338 g/mol. The molecule has 2 aromatic carbocycles. The number of ether oxygens (including phenoxy) is 1. The summed E-state index contributed by atoms with van der Waals surface area (Å²) in [5.41, 5.74) is 3.82. The molecule has 0 spiro atoms. The molecule has 3 heteroatoms. The molecule has 3 rings (SSSR count). The molecule has 0 radical (unpaired) electrons. The molecule has 1 heterocycles. The second kappa shape index (κ2) is 8.91. The summed E-state index contributed by atoms with van der Waals surface area (Å²) in [6.07, 6.45) is 2.32. The van der Waals surface area contributed by atoms with Crippen LogP contribution in [0.5, 0.6) is 5.75 Å². The number of anilines is 1. The fourth-order valence-electron chi connectivity index (χ4n) is 3.51. The van der Waals surface area contributed by atoms with Crippen molar-refractivity contribution in [2.75, 3.05) is 44.2 Å². The molecule has 0 atom stereocenters. The number of piperazine rings is 1. The smallest absolute Gasteiger partial charge is 0.125 e. The Bertz CT molecular complexity index is 628. The highest BCUT2D eigenvalue weighted by Gasteiger charge is 2.16. The van der Waals surface area contributed by atoms with Crippen LogP contribution in [0.1, 0.15) is 24.0 Å². The number of hydrogen-bond acceptors (Lipinski definition) is 3. The van der Waals surface area contributed by atoms with E-state index in [4.69, 9.17) is 4.74 Å². The highest BCUT2D eigenvalue weighted by molar-refractivity contribution is 5.46. The van der Waals surface area contributed by atoms with Gasteiger partial charge in [-0.15, -0.1) is 0 Å². The van der Waals surface area contributed by atoms with E-state index in [9.17, 15) is 0 Å². The number of nitrogens with zero attached hydrogens (tertiary/aromatic N) is 2. The first-order valence-electron chi connectivity index (χ1n) is 9.45. The number of rotatable bonds is 7. The molecular weight excluding hydrogens is 308 g/mol. The van der Waals surface area contributed by atoms with Crippen LogP contribution in [0, 0.1) is 13.8 Å². The summed E-state index contributed by atoms with van der Waals surface area (Å²) >= 11 is 0. The van der Waals surface area contributed by atoms with Crippen molar-refractivity contribution in [2.45, 2.75) is 26.7 Å². The lowest BCUT2D eigenvalue weighted by Gasteiger charge is -2.36. The molecule has 1 fully saturated rings. The molecule has 0 bridgehead atoms. The number of para-hydroxylation sites is 2. The van der Waals surface area contributed by atoms with Crippen molar-refractivity contribution in [3.05, 3.63) is 59.7 Å². The van der Waals surface area contributed by atoms with Crippen molar-refractivity contribution in [1.82, 2.24) is 4.90 Å². The minimum absolute atomic E-state index is 0.815. The minimum Gasteiger partial charge on any atom is -0.493 e. The summed E-state index contributed by atoms with van der Waals surface area (Å²) in [7, 11) is 0. The second-order valence-electron chi connectivity index (χ2n) is 6.94. The normalized spacial score (nSPS) is 15.4. The number of hydrogen-bond donors (Lipinski definition) is 0. The van der Waals surface area contributed by atoms with Crippen molar-refractivity contribution in [3.8, 4) is 5.75 Å². The topological polar surface area (TPSA) is 15.7 Å². The van der Waals surface area contributed by atoms with Gasteiger partial charge in [0.2, 0.25) is 0 Å². The van der Waals surface area contributed by atoms with Gasteiger partial charge in [-0.3, -0.25) is 4.90 Å².